The van der Waals surface area contributed by atoms with Crippen LogP contribution in [0.15, 0.2) is 48.7 Å². The quantitative estimate of drug-likeness (QED) is 0.653. The lowest BCUT2D eigenvalue weighted by molar-refractivity contribution is 0.980. The Balaban J connectivity index is 1.84. The van der Waals surface area contributed by atoms with Crippen molar-refractivity contribution in [3.63, 3.8) is 0 Å². The Hall–Kier alpha value is -2.37. The van der Waals surface area contributed by atoms with Crippen LogP contribution in [0.25, 0.3) is 0 Å². The summed E-state index contributed by atoms with van der Waals surface area (Å²) < 4.78 is 0. The van der Waals surface area contributed by atoms with Crippen LogP contribution in [0.3, 0.4) is 0 Å². The number of rotatable bonds is 5. The molecule has 122 valence electrons. The van der Waals surface area contributed by atoms with E-state index in [0.717, 1.165) is 12.1 Å². The molecule has 0 radical (unpaired) electrons. The van der Waals surface area contributed by atoms with Gasteiger partial charge in [-0.1, -0.05) is 54.4 Å². The largest absolute Gasteiger partial charge is 0.336 e. The second-order valence-corrected chi connectivity index (χ2v) is 5.84. The zero-order valence-electron chi connectivity index (χ0n) is 12.9. The van der Waals surface area contributed by atoms with E-state index in [1.165, 1.54) is 11.8 Å². The van der Waals surface area contributed by atoms with Crippen LogP contribution in [0, 0.1) is 0 Å². The predicted molar refractivity (Wildman–Crippen MR) is 98.7 cm³/mol. The number of nitrogens with zero attached hydrogens (tertiary/aromatic N) is 3. The van der Waals surface area contributed by atoms with E-state index in [-0.39, 0.29) is 0 Å². The van der Waals surface area contributed by atoms with Crippen LogP contribution in [-0.2, 0) is 6.42 Å². The second kappa shape index (κ2) is 7.47. The van der Waals surface area contributed by atoms with Gasteiger partial charge in [-0.15, -0.1) is 5.10 Å². The number of benzene rings is 2. The monoisotopic (exact) mass is 359 g/mol. The molecule has 1 heterocycles. The summed E-state index contributed by atoms with van der Waals surface area (Å²) >= 11 is 12.3. The lowest BCUT2D eigenvalue weighted by Gasteiger charge is -2.11. The van der Waals surface area contributed by atoms with E-state index in [1.54, 1.807) is 18.2 Å². The van der Waals surface area contributed by atoms with Gasteiger partial charge in [-0.05, 0) is 30.2 Å². The topological polar surface area (TPSA) is 62.7 Å². The third kappa shape index (κ3) is 3.75. The van der Waals surface area contributed by atoms with Gasteiger partial charge in [0.15, 0.2) is 5.82 Å². The predicted octanol–water partition coefficient (Wildman–Crippen LogP) is 5.23. The van der Waals surface area contributed by atoms with E-state index in [1.807, 2.05) is 18.2 Å². The zero-order valence-corrected chi connectivity index (χ0v) is 14.4. The molecule has 0 bridgehead atoms. The number of hydrogen-bond donors (Lipinski definition) is 2. The third-order valence-corrected chi connectivity index (χ3v) is 4.05. The van der Waals surface area contributed by atoms with Crippen molar-refractivity contribution in [2.24, 2.45) is 0 Å². The van der Waals surface area contributed by atoms with E-state index in [2.05, 4.69) is 38.8 Å². The highest BCUT2D eigenvalue weighted by molar-refractivity contribution is 6.39. The van der Waals surface area contributed by atoms with Crippen LogP contribution >= 0.6 is 23.2 Å². The molecule has 0 saturated heterocycles. The maximum absolute atomic E-state index is 6.16. The lowest BCUT2D eigenvalue weighted by atomic mass is 10.1. The molecule has 2 N–H and O–H groups in total. The Bertz CT molecular complexity index is 834. The summed E-state index contributed by atoms with van der Waals surface area (Å²) in [4.78, 5) is 4.41. The van der Waals surface area contributed by atoms with Gasteiger partial charge in [-0.2, -0.15) is 10.1 Å². The molecule has 0 atom stereocenters. The minimum absolute atomic E-state index is 0.393. The molecule has 3 rings (SSSR count). The van der Waals surface area contributed by atoms with Gasteiger partial charge < -0.3 is 10.6 Å². The Morgan fingerprint density at radius 3 is 2.46 bits per heavy atom. The molecule has 5 nitrogen and oxygen atoms in total. The third-order valence-electron chi connectivity index (χ3n) is 3.42. The van der Waals surface area contributed by atoms with Crippen molar-refractivity contribution in [3.05, 3.63) is 64.3 Å². The van der Waals surface area contributed by atoms with Crippen molar-refractivity contribution in [2.45, 2.75) is 13.3 Å². The van der Waals surface area contributed by atoms with Gasteiger partial charge in [0.1, 0.15) is 0 Å². The molecule has 24 heavy (non-hydrogen) atoms. The minimum Gasteiger partial charge on any atom is -0.336 e. The molecule has 0 spiro atoms. The fraction of sp³-hybridized carbons (Fsp3) is 0.118. The van der Waals surface area contributed by atoms with Gasteiger partial charge >= 0.3 is 0 Å². The van der Waals surface area contributed by atoms with Crippen LogP contribution in [0.5, 0.6) is 0 Å². The van der Waals surface area contributed by atoms with Crippen LogP contribution < -0.4 is 10.6 Å². The highest BCUT2D eigenvalue weighted by Gasteiger charge is 2.08. The standard InChI is InChI=1S/C17H15Cl2N5/c1-2-11-6-3-4-9-14(11)21-17-23-15(10-20-24-17)22-16-12(18)7-5-8-13(16)19/h3-10H,2H2,1H3,(H2,21,22,23,24). The number of halogens is 2. The Labute approximate surface area is 150 Å². The van der Waals surface area contributed by atoms with Crippen molar-refractivity contribution in [3.8, 4) is 0 Å². The summed E-state index contributed by atoms with van der Waals surface area (Å²) in [5, 5.41) is 15.3. The van der Waals surface area contributed by atoms with Crippen molar-refractivity contribution in [2.75, 3.05) is 10.6 Å². The minimum atomic E-state index is 0.393. The summed E-state index contributed by atoms with van der Waals surface area (Å²) in [6.45, 7) is 2.09. The number of aryl methyl sites for hydroxylation is 1. The van der Waals surface area contributed by atoms with Gasteiger partial charge in [0, 0.05) is 5.69 Å². The maximum atomic E-state index is 6.16. The molecule has 1 aromatic heterocycles. The highest BCUT2D eigenvalue weighted by Crippen LogP contribution is 2.32. The fourth-order valence-electron chi connectivity index (χ4n) is 2.23. The van der Waals surface area contributed by atoms with Crippen molar-refractivity contribution < 1.29 is 0 Å². The molecule has 3 aromatic rings. The summed E-state index contributed by atoms with van der Waals surface area (Å²) in [6, 6.07) is 13.3. The molecule has 0 fully saturated rings. The van der Waals surface area contributed by atoms with Crippen LogP contribution in [-0.4, -0.2) is 15.2 Å². The molecule has 0 aliphatic heterocycles. The lowest BCUT2D eigenvalue weighted by Crippen LogP contribution is -2.04. The van der Waals surface area contributed by atoms with Crippen LogP contribution in [0.4, 0.5) is 23.1 Å². The molecule has 0 aliphatic carbocycles. The molecular formula is C17H15Cl2N5. The van der Waals surface area contributed by atoms with Gasteiger partial charge in [0.25, 0.3) is 0 Å². The second-order valence-electron chi connectivity index (χ2n) is 5.02. The average molecular weight is 360 g/mol. The highest BCUT2D eigenvalue weighted by atomic mass is 35.5. The Morgan fingerprint density at radius 1 is 0.958 bits per heavy atom. The average Bonchev–Trinajstić information content (AvgIpc) is 2.59. The molecular weight excluding hydrogens is 345 g/mol. The van der Waals surface area contributed by atoms with E-state index in [0.29, 0.717) is 27.5 Å². The van der Waals surface area contributed by atoms with Crippen molar-refractivity contribution >= 4 is 46.3 Å². The molecule has 7 heteroatoms. The summed E-state index contributed by atoms with van der Waals surface area (Å²) in [5.41, 5.74) is 2.71. The zero-order chi connectivity index (χ0) is 16.9. The van der Waals surface area contributed by atoms with Crippen molar-refractivity contribution in [1.82, 2.24) is 15.2 Å². The molecule has 0 amide bonds. The Kier molecular flexibility index (Phi) is 5.13. The van der Waals surface area contributed by atoms with Gasteiger partial charge in [-0.3, -0.25) is 0 Å². The first-order chi connectivity index (χ1) is 11.7. The number of para-hydroxylation sites is 2. The first kappa shape index (κ1) is 16.5. The first-order valence-corrected chi connectivity index (χ1v) is 8.18. The number of nitrogens with one attached hydrogen (secondary N) is 2. The van der Waals surface area contributed by atoms with E-state index >= 15 is 0 Å². The maximum Gasteiger partial charge on any atom is 0.249 e. The smallest absolute Gasteiger partial charge is 0.249 e. The summed E-state index contributed by atoms with van der Waals surface area (Å²) in [7, 11) is 0. The number of anilines is 4. The molecule has 2 aromatic carbocycles. The fourth-order valence-corrected chi connectivity index (χ4v) is 2.72. The SMILES string of the molecule is CCc1ccccc1Nc1nncc(Nc2c(Cl)cccc2Cl)n1. The first-order valence-electron chi connectivity index (χ1n) is 7.43. The number of hydrogen-bond acceptors (Lipinski definition) is 5. The van der Waals surface area contributed by atoms with Gasteiger partial charge in [-0.25, -0.2) is 0 Å². The summed E-state index contributed by atoms with van der Waals surface area (Å²) in [5.74, 6) is 0.889. The van der Waals surface area contributed by atoms with Crippen LogP contribution in [0.2, 0.25) is 10.0 Å². The Morgan fingerprint density at radius 2 is 1.71 bits per heavy atom. The number of aromatic nitrogens is 3. The molecule has 0 unspecified atom stereocenters. The molecule has 0 saturated carbocycles. The summed E-state index contributed by atoms with van der Waals surface area (Å²) in [6.07, 6.45) is 2.42. The normalized spacial score (nSPS) is 10.5. The van der Waals surface area contributed by atoms with Crippen molar-refractivity contribution in [1.29, 1.82) is 0 Å². The van der Waals surface area contributed by atoms with Gasteiger partial charge in [0.05, 0.1) is 21.9 Å². The molecule has 0 aliphatic rings. The van der Waals surface area contributed by atoms with E-state index in [9.17, 15) is 0 Å². The van der Waals surface area contributed by atoms with Crippen LogP contribution in [0.1, 0.15) is 12.5 Å². The van der Waals surface area contributed by atoms with E-state index < -0.39 is 0 Å². The van der Waals surface area contributed by atoms with Gasteiger partial charge in [0.2, 0.25) is 5.95 Å². The van der Waals surface area contributed by atoms with E-state index in [4.69, 9.17) is 23.2 Å².